The molecular formula is C16H19F2N3O2S. The van der Waals surface area contributed by atoms with Crippen LogP contribution in [0.4, 0.5) is 8.78 Å². The lowest BCUT2D eigenvalue weighted by atomic mass is 10.0. The van der Waals surface area contributed by atoms with E-state index in [1.165, 1.54) is 15.2 Å². The highest BCUT2D eigenvalue weighted by Crippen LogP contribution is 2.30. The molecule has 0 bridgehead atoms. The Kier molecular flexibility index (Phi) is 4.44. The number of nitrogens with zero attached hydrogens (tertiary/aromatic N) is 3. The van der Waals surface area contributed by atoms with Crippen molar-refractivity contribution in [2.45, 2.75) is 37.3 Å². The van der Waals surface area contributed by atoms with E-state index in [2.05, 4.69) is 5.10 Å². The standard InChI is InChI=1S/C16H19F2N3O2S/c1-11-10-19-20(2)16(11)24(22,23)21-7-3-4-14(21)9-12-8-13(17)5-6-15(12)18/h5-6,8,10,14H,3-4,7,9H2,1-2H3. The van der Waals surface area contributed by atoms with E-state index in [-0.39, 0.29) is 23.1 Å². The summed E-state index contributed by atoms with van der Waals surface area (Å²) in [7, 11) is -2.15. The molecule has 5 nitrogen and oxygen atoms in total. The van der Waals surface area contributed by atoms with Gasteiger partial charge in [0.1, 0.15) is 11.6 Å². The first kappa shape index (κ1) is 17.0. The maximum absolute atomic E-state index is 13.9. The Hall–Kier alpha value is -1.80. The molecule has 1 fully saturated rings. The summed E-state index contributed by atoms with van der Waals surface area (Å²) in [5.41, 5.74) is 0.768. The Bertz CT molecular complexity index is 845. The van der Waals surface area contributed by atoms with Crippen molar-refractivity contribution in [3.05, 3.63) is 47.2 Å². The lowest BCUT2D eigenvalue weighted by Crippen LogP contribution is -2.38. The summed E-state index contributed by atoms with van der Waals surface area (Å²) in [5, 5.41) is 4.14. The van der Waals surface area contributed by atoms with E-state index in [9.17, 15) is 17.2 Å². The molecule has 2 aromatic rings. The van der Waals surface area contributed by atoms with E-state index in [0.29, 0.717) is 24.9 Å². The van der Waals surface area contributed by atoms with E-state index in [0.717, 1.165) is 18.2 Å². The lowest BCUT2D eigenvalue weighted by Gasteiger charge is -2.24. The number of benzene rings is 1. The molecular weight excluding hydrogens is 336 g/mol. The van der Waals surface area contributed by atoms with Crippen molar-refractivity contribution in [1.82, 2.24) is 14.1 Å². The van der Waals surface area contributed by atoms with Gasteiger partial charge in [0.15, 0.2) is 5.03 Å². The molecule has 0 spiro atoms. The summed E-state index contributed by atoms with van der Waals surface area (Å²) in [6.07, 6.45) is 2.97. The smallest absolute Gasteiger partial charge is 0.256 e. The molecule has 1 aromatic carbocycles. The van der Waals surface area contributed by atoms with Crippen LogP contribution in [0.1, 0.15) is 24.0 Å². The van der Waals surface area contributed by atoms with E-state index in [1.54, 1.807) is 14.0 Å². The van der Waals surface area contributed by atoms with Crippen LogP contribution in [0, 0.1) is 18.6 Å². The van der Waals surface area contributed by atoms with Crippen LogP contribution < -0.4 is 0 Å². The number of aromatic nitrogens is 2. The van der Waals surface area contributed by atoms with Gasteiger partial charge in [0.25, 0.3) is 10.0 Å². The van der Waals surface area contributed by atoms with Crippen molar-refractivity contribution < 1.29 is 17.2 Å². The summed E-state index contributed by atoms with van der Waals surface area (Å²) in [6.45, 7) is 2.06. The minimum atomic E-state index is -3.73. The van der Waals surface area contributed by atoms with Crippen molar-refractivity contribution in [2.75, 3.05) is 6.54 Å². The summed E-state index contributed by atoms with van der Waals surface area (Å²) in [5.74, 6) is -1.04. The maximum Gasteiger partial charge on any atom is 0.260 e. The number of halogens is 2. The fourth-order valence-electron chi connectivity index (χ4n) is 3.30. The Morgan fingerprint density at radius 1 is 1.33 bits per heavy atom. The van der Waals surface area contributed by atoms with Crippen LogP contribution in [-0.2, 0) is 23.5 Å². The summed E-state index contributed by atoms with van der Waals surface area (Å²) in [6, 6.07) is 2.87. The highest BCUT2D eigenvalue weighted by atomic mass is 32.2. The number of sulfonamides is 1. The van der Waals surface area contributed by atoms with Gasteiger partial charge >= 0.3 is 0 Å². The maximum atomic E-state index is 13.9. The predicted octanol–water partition coefficient (Wildman–Crippen LogP) is 2.40. The number of aryl methyl sites for hydroxylation is 2. The van der Waals surface area contributed by atoms with Gasteiger partial charge in [-0.2, -0.15) is 9.40 Å². The van der Waals surface area contributed by atoms with Gasteiger partial charge in [-0.05, 0) is 49.9 Å². The fourth-order valence-corrected chi connectivity index (χ4v) is 5.31. The topological polar surface area (TPSA) is 55.2 Å². The van der Waals surface area contributed by atoms with Crippen LogP contribution in [0.2, 0.25) is 0 Å². The minimum absolute atomic E-state index is 0.147. The molecule has 1 aromatic heterocycles. The zero-order valence-corrected chi connectivity index (χ0v) is 14.4. The molecule has 2 heterocycles. The number of hydrogen-bond donors (Lipinski definition) is 0. The number of hydrogen-bond acceptors (Lipinski definition) is 3. The molecule has 0 radical (unpaired) electrons. The second kappa shape index (κ2) is 6.25. The molecule has 1 aliphatic heterocycles. The van der Waals surface area contributed by atoms with Crippen LogP contribution >= 0.6 is 0 Å². The predicted molar refractivity (Wildman–Crippen MR) is 84.9 cm³/mol. The van der Waals surface area contributed by atoms with Gasteiger partial charge in [0.2, 0.25) is 0 Å². The van der Waals surface area contributed by atoms with Crippen LogP contribution in [0.25, 0.3) is 0 Å². The van der Waals surface area contributed by atoms with Gasteiger partial charge in [0, 0.05) is 25.2 Å². The van der Waals surface area contributed by atoms with Crippen LogP contribution in [0.15, 0.2) is 29.4 Å². The number of rotatable bonds is 4. The quantitative estimate of drug-likeness (QED) is 0.846. The monoisotopic (exact) mass is 355 g/mol. The van der Waals surface area contributed by atoms with Gasteiger partial charge in [-0.15, -0.1) is 0 Å². The lowest BCUT2D eigenvalue weighted by molar-refractivity contribution is 0.377. The molecule has 0 N–H and O–H groups in total. The Labute approximate surface area is 139 Å². The van der Waals surface area contributed by atoms with Gasteiger partial charge in [-0.1, -0.05) is 0 Å². The Morgan fingerprint density at radius 3 is 2.75 bits per heavy atom. The first-order valence-corrected chi connectivity index (χ1v) is 9.19. The summed E-state index contributed by atoms with van der Waals surface area (Å²) >= 11 is 0. The van der Waals surface area contributed by atoms with Crippen molar-refractivity contribution in [2.24, 2.45) is 7.05 Å². The van der Waals surface area contributed by atoms with E-state index in [4.69, 9.17) is 0 Å². The normalized spacial score (nSPS) is 19.1. The molecule has 24 heavy (non-hydrogen) atoms. The first-order valence-electron chi connectivity index (χ1n) is 7.75. The average molecular weight is 355 g/mol. The third-order valence-electron chi connectivity index (χ3n) is 4.40. The summed E-state index contributed by atoms with van der Waals surface area (Å²) in [4.78, 5) is 0. The van der Waals surface area contributed by atoms with Crippen molar-refractivity contribution >= 4 is 10.0 Å². The SMILES string of the molecule is Cc1cnn(C)c1S(=O)(=O)N1CCCC1Cc1cc(F)ccc1F. The Morgan fingerprint density at radius 2 is 2.08 bits per heavy atom. The molecule has 0 aliphatic carbocycles. The molecule has 0 amide bonds. The first-order chi connectivity index (χ1) is 11.3. The van der Waals surface area contributed by atoms with Gasteiger partial charge in [0.05, 0.1) is 6.20 Å². The molecule has 1 unspecified atom stereocenters. The highest BCUT2D eigenvalue weighted by molar-refractivity contribution is 7.89. The zero-order valence-electron chi connectivity index (χ0n) is 13.5. The van der Waals surface area contributed by atoms with Gasteiger partial charge < -0.3 is 0 Å². The Balaban J connectivity index is 1.92. The average Bonchev–Trinajstić information content (AvgIpc) is 3.10. The van der Waals surface area contributed by atoms with Crippen LogP contribution in [0.3, 0.4) is 0 Å². The van der Waals surface area contributed by atoms with Crippen molar-refractivity contribution in [3.8, 4) is 0 Å². The second-order valence-electron chi connectivity index (χ2n) is 6.11. The highest BCUT2D eigenvalue weighted by Gasteiger charge is 2.38. The molecule has 8 heteroatoms. The molecule has 130 valence electrons. The van der Waals surface area contributed by atoms with Crippen molar-refractivity contribution in [1.29, 1.82) is 0 Å². The van der Waals surface area contributed by atoms with Crippen molar-refractivity contribution in [3.63, 3.8) is 0 Å². The van der Waals surface area contributed by atoms with Crippen LogP contribution in [-0.4, -0.2) is 35.1 Å². The molecule has 1 atom stereocenters. The third kappa shape index (κ3) is 2.95. The van der Waals surface area contributed by atoms with E-state index < -0.39 is 21.7 Å². The van der Waals surface area contributed by atoms with Gasteiger partial charge in [-0.3, -0.25) is 4.68 Å². The molecule has 1 aliphatic rings. The van der Waals surface area contributed by atoms with Gasteiger partial charge in [-0.25, -0.2) is 17.2 Å². The largest absolute Gasteiger partial charge is 0.260 e. The molecule has 1 saturated heterocycles. The van der Waals surface area contributed by atoms with Crippen LogP contribution in [0.5, 0.6) is 0 Å². The second-order valence-corrected chi connectivity index (χ2v) is 7.91. The zero-order chi connectivity index (χ0) is 17.5. The molecule has 0 saturated carbocycles. The molecule has 3 rings (SSSR count). The van der Waals surface area contributed by atoms with E-state index >= 15 is 0 Å². The minimum Gasteiger partial charge on any atom is -0.256 e. The van der Waals surface area contributed by atoms with E-state index in [1.807, 2.05) is 0 Å². The third-order valence-corrected chi connectivity index (χ3v) is 6.57. The summed E-state index contributed by atoms with van der Waals surface area (Å²) < 4.78 is 56.0. The fraction of sp³-hybridized carbons (Fsp3) is 0.438.